The van der Waals surface area contributed by atoms with Crippen LogP contribution in [0.4, 0.5) is 4.39 Å². The van der Waals surface area contributed by atoms with E-state index in [4.69, 9.17) is 16.3 Å². The minimum Gasteiger partial charge on any atom is -0.456 e. The molecule has 124 valence electrons. The molecule has 0 bridgehead atoms. The van der Waals surface area contributed by atoms with Crippen molar-refractivity contribution in [1.29, 1.82) is 0 Å². The second-order valence-electron chi connectivity index (χ2n) is 4.93. The summed E-state index contributed by atoms with van der Waals surface area (Å²) in [7, 11) is 0. The van der Waals surface area contributed by atoms with E-state index in [1.54, 1.807) is 24.3 Å². The molecule has 0 aromatic heterocycles. The highest BCUT2D eigenvalue weighted by atomic mass is 35.5. The molecular formula is C18H15ClFNO3. The van der Waals surface area contributed by atoms with Gasteiger partial charge >= 0.3 is 5.97 Å². The van der Waals surface area contributed by atoms with Crippen molar-refractivity contribution in [3.63, 3.8) is 0 Å². The monoisotopic (exact) mass is 347 g/mol. The van der Waals surface area contributed by atoms with Crippen LogP contribution in [-0.2, 0) is 20.9 Å². The lowest BCUT2D eigenvalue weighted by Crippen LogP contribution is -2.26. The molecule has 0 unspecified atom stereocenters. The van der Waals surface area contributed by atoms with Crippen molar-refractivity contribution in [2.45, 2.75) is 13.5 Å². The lowest BCUT2D eigenvalue weighted by atomic mass is 10.2. The molecule has 0 radical (unpaired) electrons. The van der Waals surface area contributed by atoms with Crippen LogP contribution in [-0.4, -0.2) is 11.9 Å². The molecule has 24 heavy (non-hydrogen) atoms. The number of hydrogen-bond donors (Lipinski definition) is 1. The molecule has 0 heterocycles. The Balaban J connectivity index is 2.16. The Morgan fingerprint density at radius 3 is 2.50 bits per heavy atom. The topological polar surface area (TPSA) is 55.4 Å². The highest BCUT2D eigenvalue weighted by molar-refractivity contribution is 6.31. The molecule has 6 heteroatoms. The van der Waals surface area contributed by atoms with Gasteiger partial charge in [0.25, 0.3) is 0 Å². The zero-order valence-electron chi connectivity index (χ0n) is 12.9. The standard InChI is InChI=1S/C18H15ClFNO3/c1-12(22)21-17(10-13-6-3-2-4-7-13)18(23)24-11-14-15(19)8-5-9-16(14)20/h2-10H,11H2,1H3,(H,21,22)/b17-10+. The predicted molar refractivity (Wildman–Crippen MR) is 89.4 cm³/mol. The molecule has 0 aliphatic carbocycles. The predicted octanol–water partition coefficient (Wildman–Crippen LogP) is 3.70. The van der Waals surface area contributed by atoms with Crippen LogP contribution in [0.15, 0.2) is 54.2 Å². The summed E-state index contributed by atoms with van der Waals surface area (Å²) in [6.07, 6.45) is 1.48. The minimum atomic E-state index is -0.784. The average Bonchev–Trinajstić information content (AvgIpc) is 2.54. The van der Waals surface area contributed by atoms with Crippen LogP contribution in [0.5, 0.6) is 0 Å². The number of esters is 1. The number of benzene rings is 2. The molecule has 2 aromatic carbocycles. The number of rotatable bonds is 5. The van der Waals surface area contributed by atoms with Gasteiger partial charge in [-0.2, -0.15) is 0 Å². The van der Waals surface area contributed by atoms with E-state index in [1.807, 2.05) is 6.07 Å². The molecule has 0 spiro atoms. The molecule has 0 saturated carbocycles. The molecule has 0 fully saturated rings. The lowest BCUT2D eigenvalue weighted by Gasteiger charge is -2.10. The zero-order valence-corrected chi connectivity index (χ0v) is 13.6. The summed E-state index contributed by atoms with van der Waals surface area (Å²) in [5.74, 6) is -1.77. The number of hydrogen-bond acceptors (Lipinski definition) is 3. The van der Waals surface area contributed by atoms with E-state index in [2.05, 4.69) is 5.32 Å². The van der Waals surface area contributed by atoms with Crippen molar-refractivity contribution in [3.8, 4) is 0 Å². The van der Waals surface area contributed by atoms with Crippen LogP contribution in [0.2, 0.25) is 5.02 Å². The molecule has 0 atom stereocenters. The van der Waals surface area contributed by atoms with Gasteiger partial charge in [0.05, 0.1) is 5.02 Å². The third kappa shape index (κ3) is 4.93. The average molecular weight is 348 g/mol. The van der Waals surface area contributed by atoms with Gasteiger partial charge in [-0.1, -0.05) is 48.0 Å². The van der Waals surface area contributed by atoms with Gasteiger partial charge in [0.15, 0.2) is 0 Å². The van der Waals surface area contributed by atoms with Gasteiger partial charge < -0.3 is 10.1 Å². The first-order valence-corrected chi connectivity index (χ1v) is 7.49. The molecular weight excluding hydrogens is 333 g/mol. The molecule has 0 aliphatic rings. The molecule has 2 aromatic rings. The second kappa shape index (κ2) is 8.26. The van der Waals surface area contributed by atoms with Gasteiger partial charge in [-0.25, -0.2) is 9.18 Å². The Morgan fingerprint density at radius 2 is 1.88 bits per heavy atom. The number of carbonyl (C=O) groups is 2. The summed E-state index contributed by atoms with van der Waals surface area (Å²) in [5.41, 5.74) is 0.748. The van der Waals surface area contributed by atoms with Gasteiger partial charge in [-0.15, -0.1) is 0 Å². The zero-order chi connectivity index (χ0) is 17.5. The largest absolute Gasteiger partial charge is 0.456 e. The van der Waals surface area contributed by atoms with E-state index < -0.39 is 17.7 Å². The lowest BCUT2D eigenvalue weighted by molar-refractivity contribution is -0.141. The number of amides is 1. The fraction of sp³-hybridized carbons (Fsp3) is 0.111. The van der Waals surface area contributed by atoms with Crippen molar-refractivity contribution in [3.05, 3.63) is 76.2 Å². The fourth-order valence-corrected chi connectivity index (χ4v) is 2.15. The SMILES string of the molecule is CC(=O)N/C(=C/c1ccccc1)C(=O)OCc1c(F)cccc1Cl. The first-order valence-electron chi connectivity index (χ1n) is 7.11. The van der Waals surface area contributed by atoms with Crippen molar-refractivity contribution >= 4 is 29.6 Å². The molecule has 0 aliphatic heterocycles. The Labute approximate surface area is 143 Å². The quantitative estimate of drug-likeness (QED) is 0.662. The summed E-state index contributed by atoms with van der Waals surface area (Å²) in [4.78, 5) is 23.5. The highest BCUT2D eigenvalue weighted by Gasteiger charge is 2.15. The van der Waals surface area contributed by atoms with E-state index in [1.165, 1.54) is 31.2 Å². The van der Waals surface area contributed by atoms with Crippen LogP contribution in [0.25, 0.3) is 6.08 Å². The second-order valence-corrected chi connectivity index (χ2v) is 5.33. The summed E-state index contributed by atoms with van der Waals surface area (Å²) in [5, 5.41) is 2.58. The van der Waals surface area contributed by atoms with Crippen LogP contribution in [0.3, 0.4) is 0 Å². The first kappa shape index (κ1) is 17.7. The van der Waals surface area contributed by atoms with Gasteiger partial charge in [0.1, 0.15) is 18.1 Å². The maximum atomic E-state index is 13.7. The van der Waals surface area contributed by atoms with Gasteiger partial charge in [-0.3, -0.25) is 4.79 Å². The minimum absolute atomic E-state index is 0.0406. The van der Waals surface area contributed by atoms with Crippen molar-refractivity contribution in [1.82, 2.24) is 5.32 Å². The number of carbonyl (C=O) groups excluding carboxylic acids is 2. The number of ether oxygens (including phenoxy) is 1. The van der Waals surface area contributed by atoms with Crippen molar-refractivity contribution in [2.75, 3.05) is 0 Å². The van der Waals surface area contributed by atoms with E-state index >= 15 is 0 Å². The van der Waals surface area contributed by atoms with Crippen LogP contribution >= 0.6 is 11.6 Å². The Hall–Kier alpha value is -2.66. The third-order valence-corrected chi connectivity index (χ3v) is 3.40. The normalized spacial score (nSPS) is 11.0. The maximum Gasteiger partial charge on any atom is 0.355 e. The van der Waals surface area contributed by atoms with Gasteiger partial charge in [0.2, 0.25) is 5.91 Å². The summed E-state index contributed by atoms with van der Waals surface area (Å²) in [6, 6.07) is 13.1. The summed E-state index contributed by atoms with van der Waals surface area (Å²) >= 11 is 5.89. The molecule has 1 amide bonds. The van der Waals surface area contributed by atoms with Crippen LogP contribution in [0, 0.1) is 5.82 Å². The van der Waals surface area contributed by atoms with Gasteiger partial charge in [0, 0.05) is 12.5 Å². The molecule has 0 saturated heterocycles. The van der Waals surface area contributed by atoms with Crippen molar-refractivity contribution in [2.24, 2.45) is 0 Å². The van der Waals surface area contributed by atoms with Crippen LogP contribution in [0.1, 0.15) is 18.1 Å². The number of nitrogens with one attached hydrogen (secondary N) is 1. The maximum absolute atomic E-state index is 13.7. The molecule has 4 nitrogen and oxygen atoms in total. The summed E-state index contributed by atoms with van der Waals surface area (Å²) in [6.45, 7) is 0.940. The van der Waals surface area contributed by atoms with Gasteiger partial charge in [-0.05, 0) is 23.8 Å². The fourth-order valence-electron chi connectivity index (χ4n) is 1.94. The van der Waals surface area contributed by atoms with E-state index in [-0.39, 0.29) is 22.9 Å². The Bertz CT molecular complexity index is 755. The van der Waals surface area contributed by atoms with Crippen molar-refractivity contribution < 1.29 is 18.7 Å². The van der Waals surface area contributed by atoms with E-state index in [9.17, 15) is 14.0 Å². The van der Waals surface area contributed by atoms with Crippen LogP contribution < -0.4 is 5.32 Å². The Kier molecular flexibility index (Phi) is 6.09. The van der Waals surface area contributed by atoms with E-state index in [0.717, 1.165) is 0 Å². The first-order chi connectivity index (χ1) is 11.5. The number of halogens is 2. The third-order valence-electron chi connectivity index (χ3n) is 3.05. The molecule has 1 N–H and O–H groups in total. The molecule has 2 rings (SSSR count). The summed E-state index contributed by atoms with van der Waals surface area (Å²) < 4.78 is 18.8. The highest BCUT2D eigenvalue weighted by Crippen LogP contribution is 2.20. The van der Waals surface area contributed by atoms with E-state index in [0.29, 0.717) is 5.56 Å². The Morgan fingerprint density at radius 1 is 1.17 bits per heavy atom. The smallest absolute Gasteiger partial charge is 0.355 e.